The summed E-state index contributed by atoms with van der Waals surface area (Å²) in [4.78, 5) is 25.4. The zero-order chi connectivity index (χ0) is 21.1. The lowest BCUT2D eigenvalue weighted by molar-refractivity contribution is -0.384. The number of nitrogens with zero attached hydrogens (tertiary/aromatic N) is 2. The van der Waals surface area contributed by atoms with E-state index in [4.69, 9.17) is 9.47 Å². The molecule has 0 radical (unpaired) electrons. The maximum absolute atomic E-state index is 12.9. The van der Waals surface area contributed by atoms with Crippen molar-refractivity contribution in [3.8, 4) is 11.5 Å². The fourth-order valence-corrected chi connectivity index (χ4v) is 3.13. The van der Waals surface area contributed by atoms with Gasteiger partial charge in [0.05, 0.1) is 19.1 Å². The molecule has 1 N–H and O–H groups in total. The van der Waals surface area contributed by atoms with E-state index in [9.17, 15) is 14.9 Å². The lowest BCUT2D eigenvalue weighted by Gasteiger charge is -2.20. The molecule has 0 bridgehead atoms. The Bertz CT molecular complexity index is 940. The molecule has 8 nitrogen and oxygen atoms in total. The summed E-state index contributed by atoms with van der Waals surface area (Å²) in [5.41, 5.74) is 2.50. The van der Waals surface area contributed by atoms with Crippen molar-refractivity contribution in [1.82, 2.24) is 4.90 Å². The maximum Gasteiger partial charge on any atom is 0.293 e. The van der Waals surface area contributed by atoms with Crippen LogP contribution in [0.3, 0.4) is 0 Å². The van der Waals surface area contributed by atoms with E-state index in [0.29, 0.717) is 23.7 Å². The number of amides is 1. The van der Waals surface area contributed by atoms with Crippen LogP contribution in [0.25, 0.3) is 0 Å². The molecule has 1 saturated carbocycles. The van der Waals surface area contributed by atoms with Gasteiger partial charge in [-0.15, -0.1) is 0 Å². The second-order valence-electron chi connectivity index (χ2n) is 7.20. The van der Waals surface area contributed by atoms with Crippen LogP contribution in [0.2, 0.25) is 0 Å². The Morgan fingerprint density at radius 3 is 2.45 bits per heavy atom. The third-order valence-electron chi connectivity index (χ3n) is 4.97. The number of nitro benzene ring substituents is 1. The molecule has 0 atom stereocenters. The van der Waals surface area contributed by atoms with Gasteiger partial charge in [0, 0.05) is 31.3 Å². The molecule has 3 rings (SSSR count). The molecule has 154 valence electrons. The Morgan fingerprint density at radius 1 is 1.21 bits per heavy atom. The van der Waals surface area contributed by atoms with Crippen molar-refractivity contribution < 1.29 is 19.2 Å². The standard InChI is InChI=1S/C21H25N3O5/c1-13-9-19(28-3)20(29-4)11-15(13)12-23(2)21(25)14-5-8-17(22-16-6-7-16)18(10-14)24(26)27/h5,8-11,16,22H,6-7,12H2,1-4H3. The van der Waals surface area contributed by atoms with Gasteiger partial charge in [-0.25, -0.2) is 0 Å². The molecular formula is C21H25N3O5. The number of methoxy groups -OCH3 is 2. The van der Waals surface area contributed by atoms with Gasteiger partial charge in [0.2, 0.25) is 0 Å². The number of benzene rings is 2. The molecule has 0 aliphatic heterocycles. The molecular weight excluding hydrogens is 374 g/mol. The summed E-state index contributed by atoms with van der Waals surface area (Å²) in [6, 6.07) is 8.55. The van der Waals surface area contributed by atoms with Crippen LogP contribution in [-0.4, -0.2) is 43.0 Å². The van der Waals surface area contributed by atoms with Gasteiger partial charge in [-0.05, 0) is 55.2 Å². The van der Waals surface area contributed by atoms with E-state index in [1.807, 2.05) is 19.1 Å². The Morgan fingerprint density at radius 2 is 1.86 bits per heavy atom. The average Bonchev–Trinajstić information content (AvgIpc) is 3.52. The number of anilines is 1. The van der Waals surface area contributed by atoms with Crippen LogP contribution in [0.15, 0.2) is 30.3 Å². The zero-order valence-corrected chi connectivity index (χ0v) is 17.0. The summed E-state index contributed by atoms with van der Waals surface area (Å²) in [6.45, 7) is 2.26. The summed E-state index contributed by atoms with van der Waals surface area (Å²) in [6.07, 6.45) is 2.01. The molecule has 1 fully saturated rings. The monoisotopic (exact) mass is 399 g/mol. The van der Waals surface area contributed by atoms with Crippen molar-refractivity contribution in [3.63, 3.8) is 0 Å². The predicted molar refractivity (Wildman–Crippen MR) is 110 cm³/mol. The molecule has 29 heavy (non-hydrogen) atoms. The second-order valence-corrected chi connectivity index (χ2v) is 7.20. The highest BCUT2D eigenvalue weighted by atomic mass is 16.6. The van der Waals surface area contributed by atoms with Crippen LogP contribution >= 0.6 is 0 Å². The molecule has 0 unspecified atom stereocenters. The van der Waals surface area contributed by atoms with Gasteiger partial charge in [-0.1, -0.05) is 0 Å². The van der Waals surface area contributed by atoms with Gasteiger partial charge < -0.3 is 19.7 Å². The van der Waals surface area contributed by atoms with Crippen LogP contribution in [0.1, 0.15) is 34.3 Å². The molecule has 0 saturated heterocycles. The van der Waals surface area contributed by atoms with Crippen molar-refractivity contribution in [2.45, 2.75) is 32.4 Å². The predicted octanol–water partition coefficient (Wildman–Crippen LogP) is 3.77. The number of nitrogens with one attached hydrogen (secondary N) is 1. The van der Waals surface area contributed by atoms with E-state index in [1.165, 1.54) is 11.0 Å². The first-order valence-corrected chi connectivity index (χ1v) is 9.36. The zero-order valence-electron chi connectivity index (χ0n) is 17.0. The van der Waals surface area contributed by atoms with Crippen LogP contribution in [-0.2, 0) is 6.54 Å². The van der Waals surface area contributed by atoms with E-state index in [0.717, 1.165) is 24.0 Å². The smallest absolute Gasteiger partial charge is 0.293 e. The van der Waals surface area contributed by atoms with E-state index in [2.05, 4.69) is 5.32 Å². The minimum atomic E-state index is -0.458. The number of hydrogen-bond acceptors (Lipinski definition) is 6. The summed E-state index contributed by atoms with van der Waals surface area (Å²) < 4.78 is 10.6. The lowest BCUT2D eigenvalue weighted by atomic mass is 10.1. The fourth-order valence-electron chi connectivity index (χ4n) is 3.13. The Hall–Kier alpha value is -3.29. The van der Waals surface area contributed by atoms with E-state index in [1.54, 1.807) is 33.4 Å². The molecule has 1 amide bonds. The Labute approximate surface area is 169 Å². The number of hydrogen-bond donors (Lipinski definition) is 1. The number of nitro groups is 1. The van der Waals surface area contributed by atoms with Gasteiger partial charge in [-0.2, -0.15) is 0 Å². The van der Waals surface area contributed by atoms with Gasteiger partial charge in [0.15, 0.2) is 11.5 Å². The van der Waals surface area contributed by atoms with Crippen molar-refractivity contribution in [2.75, 3.05) is 26.6 Å². The van der Waals surface area contributed by atoms with E-state index in [-0.39, 0.29) is 23.2 Å². The first kappa shape index (κ1) is 20.4. The number of ether oxygens (including phenoxy) is 2. The molecule has 2 aromatic carbocycles. The highest BCUT2D eigenvalue weighted by Gasteiger charge is 2.26. The van der Waals surface area contributed by atoms with Crippen molar-refractivity contribution in [1.29, 1.82) is 0 Å². The maximum atomic E-state index is 12.9. The minimum Gasteiger partial charge on any atom is -0.493 e. The lowest BCUT2D eigenvalue weighted by Crippen LogP contribution is -2.26. The highest BCUT2D eigenvalue weighted by molar-refractivity contribution is 5.95. The van der Waals surface area contributed by atoms with Crippen LogP contribution in [0, 0.1) is 17.0 Å². The van der Waals surface area contributed by atoms with Gasteiger partial charge in [0.25, 0.3) is 11.6 Å². The summed E-state index contributed by atoms with van der Waals surface area (Å²) >= 11 is 0. The molecule has 8 heteroatoms. The van der Waals surface area contributed by atoms with Gasteiger partial charge in [0.1, 0.15) is 5.69 Å². The third kappa shape index (κ3) is 4.59. The third-order valence-corrected chi connectivity index (χ3v) is 4.97. The van der Waals surface area contributed by atoms with Crippen LogP contribution in [0.4, 0.5) is 11.4 Å². The fraction of sp³-hybridized carbons (Fsp3) is 0.381. The SMILES string of the molecule is COc1cc(C)c(CN(C)C(=O)c2ccc(NC3CC3)c([N+](=O)[O-])c2)cc1OC. The number of rotatable bonds is 8. The van der Waals surface area contributed by atoms with Gasteiger partial charge >= 0.3 is 0 Å². The summed E-state index contributed by atoms with van der Waals surface area (Å²) in [7, 11) is 4.80. The van der Waals surface area contributed by atoms with E-state index >= 15 is 0 Å². The topological polar surface area (TPSA) is 93.9 Å². The van der Waals surface area contributed by atoms with Crippen LogP contribution in [0.5, 0.6) is 11.5 Å². The second kappa shape index (κ2) is 8.38. The highest BCUT2D eigenvalue weighted by Crippen LogP contribution is 2.33. The molecule has 0 heterocycles. The first-order valence-electron chi connectivity index (χ1n) is 9.36. The molecule has 1 aliphatic rings. The average molecular weight is 399 g/mol. The molecule has 2 aromatic rings. The summed E-state index contributed by atoms with van der Waals surface area (Å²) in [5, 5.41) is 14.6. The van der Waals surface area contributed by atoms with E-state index < -0.39 is 4.92 Å². The molecule has 0 spiro atoms. The van der Waals surface area contributed by atoms with Crippen LogP contribution < -0.4 is 14.8 Å². The first-order chi connectivity index (χ1) is 13.8. The Balaban J connectivity index is 1.81. The number of aryl methyl sites for hydroxylation is 1. The molecule has 1 aliphatic carbocycles. The summed E-state index contributed by atoms with van der Waals surface area (Å²) in [5.74, 6) is 0.914. The minimum absolute atomic E-state index is 0.0848. The largest absolute Gasteiger partial charge is 0.493 e. The normalized spacial score (nSPS) is 13.0. The van der Waals surface area contributed by atoms with Crippen molar-refractivity contribution >= 4 is 17.3 Å². The molecule has 0 aromatic heterocycles. The van der Waals surface area contributed by atoms with Crippen molar-refractivity contribution in [2.24, 2.45) is 0 Å². The number of carbonyl (C=O) groups excluding carboxylic acids is 1. The Kier molecular flexibility index (Phi) is 5.91. The van der Waals surface area contributed by atoms with Gasteiger partial charge in [-0.3, -0.25) is 14.9 Å². The number of carbonyl (C=O) groups is 1. The van der Waals surface area contributed by atoms with Crippen molar-refractivity contribution in [3.05, 3.63) is 57.1 Å². The quantitative estimate of drug-likeness (QED) is 0.536.